The Hall–Kier alpha value is -2.40. The van der Waals surface area contributed by atoms with E-state index in [-0.39, 0.29) is 0 Å². The molecule has 2 aromatic heterocycles. The van der Waals surface area contributed by atoms with Crippen LogP contribution in [0.3, 0.4) is 0 Å². The Morgan fingerprint density at radius 3 is 2.90 bits per heavy atom. The van der Waals surface area contributed by atoms with Gasteiger partial charge in [-0.25, -0.2) is 0 Å². The molecule has 3 aromatic rings. The molecule has 21 heavy (non-hydrogen) atoms. The lowest BCUT2D eigenvalue weighted by Crippen LogP contribution is -2.19. The van der Waals surface area contributed by atoms with Crippen molar-refractivity contribution in [2.45, 2.75) is 0 Å². The quantitative estimate of drug-likeness (QED) is 0.781. The van der Waals surface area contributed by atoms with Crippen molar-refractivity contribution in [3.8, 4) is 16.9 Å². The van der Waals surface area contributed by atoms with E-state index in [1.807, 2.05) is 44.6 Å². The van der Waals surface area contributed by atoms with E-state index in [2.05, 4.69) is 26.1 Å². The highest BCUT2D eigenvalue weighted by Crippen LogP contribution is 2.25. The van der Waals surface area contributed by atoms with Gasteiger partial charge in [0.15, 0.2) is 0 Å². The summed E-state index contributed by atoms with van der Waals surface area (Å²) in [7, 11) is 4.07. The molecule has 2 heterocycles. The zero-order chi connectivity index (χ0) is 14.7. The number of aromatic amines is 1. The molecule has 0 aliphatic carbocycles. The molecule has 0 atom stereocenters. The molecule has 3 rings (SSSR count). The maximum atomic E-state index is 5.77. The minimum absolute atomic E-state index is 0.675. The van der Waals surface area contributed by atoms with Gasteiger partial charge in [0.2, 0.25) is 0 Å². The first kappa shape index (κ1) is 13.6. The molecule has 0 amide bonds. The summed E-state index contributed by atoms with van der Waals surface area (Å²) in [6.45, 7) is 1.57. The minimum Gasteiger partial charge on any atom is -0.492 e. The molecule has 5 heteroatoms. The van der Waals surface area contributed by atoms with Gasteiger partial charge in [-0.1, -0.05) is 12.1 Å². The number of aromatic nitrogens is 3. The second kappa shape index (κ2) is 5.93. The Morgan fingerprint density at radius 1 is 1.14 bits per heavy atom. The van der Waals surface area contributed by atoms with Crippen LogP contribution in [0.1, 0.15) is 0 Å². The Labute approximate surface area is 123 Å². The molecule has 0 radical (unpaired) electrons. The fraction of sp³-hybridized carbons (Fsp3) is 0.250. The highest BCUT2D eigenvalue weighted by molar-refractivity contribution is 5.79. The van der Waals surface area contributed by atoms with E-state index in [1.165, 1.54) is 0 Å². The Morgan fingerprint density at radius 2 is 2.05 bits per heavy atom. The zero-order valence-electron chi connectivity index (χ0n) is 12.2. The third kappa shape index (κ3) is 3.20. The van der Waals surface area contributed by atoms with Gasteiger partial charge in [-0.05, 0) is 37.9 Å². The van der Waals surface area contributed by atoms with Gasteiger partial charge in [0.1, 0.15) is 17.9 Å². The molecule has 0 aliphatic rings. The van der Waals surface area contributed by atoms with Crippen molar-refractivity contribution >= 4 is 11.0 Å². The van der Waals surface area contributed by atoms with E-state index in [0.717, 1.165) is 34.5 Å². The van der Waals surface area contributed by atoms with Crippen molar-refractivity contribution in [3.05, 3.63) is 42.7 Å². The van der Waals surface area contributed by atoms with Gasteiger partial charge in [0.25, 0.3) is 0 Å². The molecule has 0 aliphatic heterocycles. The van der Waals surface area contributed by atoms with Crippen molar-refractivity contribution in [1.82, 2.24) is 20.1 Å². The summed E-state index contributed by atoms with van der Waals surface area (Å²) in [5, 5.41) is 6.94. The summed E-state index contributed by atoms with van der Waals surface area (Å²) >= 11 is 0. The van der Waals surface area contributed by atoms with Crippen molar-refractivity contribution in [1.29, 1.82) is 0 Å². The Bertz CT molecular complexity index is 736. The van der Waals surface area contributed by atoms with E-state index < -0.39 is 0 Å². The molecule has 0 unspecified atom stereocenters. The molecule has 0 saturated heterocycles. The van der Waals surface area contributed by atoms with Crippen molar-refractivity contribution in [2.75, 3.05) is 27.2 Å². The van der Waals surface area contributed by atoms with Gasteiger partial charge in [-0.15, -0.1) is 0 Å². The predicted octanol–water partition coefficient (Wildman–Crippen LogP) is 2.57. The van der Waals surface area contributed by atoms with Gasteiger partial charge in [-0.3, -0.25) is 10.1 Å². The van der Waals surface area contributed by atoms with Gasteiger partial charge in [0, 0.05) is 18.3 Å². The summed E-state index contributed by atoms with van der Waals surface area (Å²) < 4.78 is 5.77. The van der Waals surface area contributed by atoms with Crippen molar-refractivity contribution < 1.29 is 4.74 Å². The van der Waals surface area contributed by atoms with E-state index in [1.54, 1.807) is 6.20 Å². The van der Waals surface area contributed by atoms with Crippen LogP contribution in [0, 0.1) is 0 Å². The molecule has 5 nitrogen and oxygen atoms in total. The molecular formula is C16H18N4O. The maximum Gasteiger partial charge on any atom is 0.119 e. The lowest BCUT2D eigenvalue weighted by molar-refractivity contribution is 0.261. The first-order valence-electron chi connectivity index (χ1n) is 6.89. The number of nitrogens with one attached hydrogen (secondary N) is 1. The predicted molar refractivity (Wildman–Crippen MR) is 83.4 cm³/mol. The number of H-pyrrole nitrogens is 1. The van der Waals surface area contributed by atoms with Crippen molar-refractivity contribution in [3.63, 3.8) is 0 Å². The Kier molecular flexibility index (Phi) is 3.83. The molecular weight excluding hydrogens is 264 g/mol. The second-order valence-corrected chi connectivity index (χ2v) is 5.21. The number of fused-ring (bicyclic) bond motifs is 1. The van der Waals surface area contributed by atoms with Crippen molar-refractivity contribution in [2.24, 2.45) is 0 Å². The monoisotopic (exact) mass is 282 g/mol. The van der Waals surface area contributed by atoms with Crippen LogP contribution in [0.5, 0.6) is 5.75 Å². The summed E-state index contributed by atoms with van der Waals surface area (Å²) in [5.74, 6) is 0.874. The molecule has 0 spiro atoms. The topological polar surface area (TPSA) is 54.0 Å². The summed E-state index contributed by atoms with van der Waals surface area (Å²) in [6, 6.07) is 10.1. The van der Waals surface area contributed by atoms with E-state index in [4.69, 9.17) is 4.74 Å². The van der Waals surface area contributed by atoms with E-state index in [0.29, 0.717) is 6.61 Å². The smallest absolute Gasteiger partial charge is 0.119 e. The second-order valence-electron chi connectivity index (χ2n) is 5.21. The molecule has 108 valence electrons. The molecule has 0 bridgehead atoms. The highest BCUT2D eigenvalue weighted by Gasteiger charge is 2.04. The van der Waals surface area contributed by atoms with Gasteiger partial charge >= 0.3 is 0 Å². The van der Waals surface area contributed by atoms with Crippen LogP contribution < -0.4 is 4.74 Å². The third-order valence-electron chi connectivity index (χ3n) is 3.26. The number of pyridine rings is 1. The first-order valence-corrected chi connectivity index (χ1v) is 6.89. The number of rotatable bonds is 5. The van der Waals surface area contributed by atoms with E-state index in [9.17, 15) is 0 Å². The van der Waals surface area contributed by atoms with Crippen LogP contribution in [0.2, 0.25) is 0 Å². The molecule has 0 saturated carbocycles. The summed E-state index contributed by atoms with van der Waals surface area (Å²) in [4.78, 5) is 6.49. The standard InChI is InChI=1S/C16H18N4O/c1-20(2)6-7-21-14-5-3-4-12(8-14)13-9-15-16(17-10-13)11-18-19-15/h3-5,8-11H,6-7H2,1-2H3,(H,18,19). The molecule has 0 fully saturated rings. The first-order chi connectivity index (χ1) is 10.2. The molecule has 1 aromatic carbocycles. The Balaban J connectivity index is 1.81. The third-order valence-corrected chi connectivity index (χ3v) is 3.26. The van der Waals surface area contributed by atoms with Gasteiger partial charge in [-0.2, -0.15) is 5.10 Å². The zero-order valence-corrected chi connectivity index (χ0v) is 12.2. The SMILES string of the molecule is CN(C)CCOc1cccc(-c2cnc3cn[nH]c3c2)c1. The van der Waals surface area contributed by atoms with E-state index >= 15 is 0 Å². The molecule has 1 N–H and O–H groups in total. The average molecular weight is 282 g/mol. The minimum atomic E-state index is 0.675. The van der Waals surface area contributed by atoms with Gasteiger partial charge < -0.3 is 9.64 Å². The number of benzene rings is 1. The van der Waals surface area contributed by atoms with Crippen LogP contribution in [-0.4, -0.2) is 47.3 Å². The lowest BCUT2D eigenvalue weighted by Gasteiger charge is -2.11. The highest BCUT2D eigenvalue weighted by atomic mass is 16.5. The number of hydrogen-bond donors (Lipinski definition) is 1. The number of hydrogen-bond acceptors (Lipinski definition) is 4. The fourth-order valence-corrected chi connectivity index (χ4v) is 2.10. The fourth-order valence-electron chi connectivity index (χ4n) is 2.10. The summed E-state index contributed by atoms with van der Waals surface area (Å²) in [5.41, 5.74) is 3.94. The number of nitrogens with zero attached hydrogens (tertiary/aromatic N) is 3. The van der Waals surface area contributed by atoms with Crippen LogP contribution in [0.4, 0.5) is 0 Å². The summed E-state index contributed by atoms with van der Waals surface area (Å²) in [6.07, 6.45) is 3.58. The maximum absolute atomic E-state index is 5.77. The van der Waals surface area contributed by atoms with Crippen LogP contribution in [-0.2, 0) is 0 Å². The van der Waals surface area contributed by atoms with Gasteiger partial charge in [0.05, 0.1) is 11.7 Å². The van der Waals surface area contributed by atoms with Crippen LogP contribution in [0.25, 0.3) is 22.2 Å². The lowest BCUT2D eigenvalue weighted by atomic mass is 10.1. The van der Waals surface area contributed by atoms with Crippen LogP contribution in [0.15, 0.2) is 42.7 Å². The largest absolute Gasteiger partial charge is 0.492 e. The number of ether oxygens (including phenoxy) is 1. The number of likely N-dealkylation sites (N-methyl/N-ethyl adjacent to an activating group) is 1. The van der Waals surface area contributed by atoms with Crippen LogP contribution >= 0.6 is 0 Å². The average Bonchev–Trinajstić information content (AvgIpc) is 2.94. The normalized spacial score (nSPS) is 11.2.